The van der Waals surface area contributed by atoms with Crippen molar-refractivity contribution in [3.8, 4) is 11.5 Å². The largest absolute Gasteiger partial charge is 0.586 e. The minimum absolute atomic E-state index is 0.0839. The highest BCUT2D eigenvalue weighted by molar-refractivity contribution is 8.13. The number of benzene rings is 1. The Kier molecular flexibility index (Phi) is 4.81. The number of halogens is 2. The van der Waals surface area contributed by atoms with Crippen LogP contribution in [0.5, 0.6) is 11.5 Å². The van der Waals surface area contributed by atoms with E-state index in [2.05, 4.69) is 4.74 Å². The van der Waals surface area contributed by atoms with Crippen LogP contribution in [0.25, 0.3) is 0 Å². The van der Waals surface area contributed by atoms with Crippen LogP contribution in [-0.4, -0.2) is 52.1 Å². The number of amidine groups is 1. The fourth-order valence-electron chi connectivity index (χ4n) is 4.05. The monoisotopic (exact) mass is 443 g/mol. The predicted molar refractivity (Wildman–Crippen MR) is 107 cm³/mol. The number of nitrogens with zero attached hydrogens (tertiary/aromatic N) is 2. The van der Waals surface area contributed by atoms with Crippen molar-refractivity contribution in [2.75, 3.05) is 24.7 Å². The number of anilines is 1. The number of amides is 1. The highest BCUT2D eigenvalue weighted by atomic mass is 32.2. The average molecular weight is 443 g/mol. The van der Waals surface area contributed by atoms with Gasteiger partial charge in [0.25, 0.3) is 0 Å². The Morgan fingerprint density at radius 3 is 2.77 bits per heavy atom. The van der Waals surface area contributed by atoms with Crippen LogP contribution in [0, 0.1) is 5.92 Å². The summed E-state index contributed by atoms with van der Waals surface area (Å²) in [5.74, 6) is 0.148. The predicted octanol–water partition coefficient (Wildman–Crippen LogP) is 3.70. The molecule has 1 aromatic rings. The van der Waals surface area contributed by atoms with Crippen molar-refractivity contribution in [2.45, 2.75) is 44.6 Å². The molecule has 164 valence electrons. The number of hydrogen-bond acceptors (Lipinski definition) is 7. The molecule has 1 amide bonds. The number of alkyl halides is 2. The van der Waals surface area contributed by atoms with E-state index in [0.717, 1.165) is 0 Å². The number of carbonyl (C=O) groups is 1. The van der Waals surface area contributed by atoms with Gasteiger partial charge in [0.1, 0.15) is 5.54 Å². The van der Waals surface area contributed by atoms with E-state index in [0.29, 0.717) is 24.3 Å². The number of rotatable bonds is 1. The molecule has 4 rings (SSSR count). The molecular formula is C19H23F2N3O5S. The van der Waals surface area contributed by atoms with Crippen molar-refractivity contribution in [3.63, 3.8) is 0 Å². The van der Waals surface area contributed by atoms with Gasteiger partial charge in [-0.25, -0.2) is 9.79 Å². The molecule has 3 aliphatic rings. The van der Waals surface area contributed by atoms with Gasteiger partial charge in [-0.15, -0.1) is 8.78 Å². The Morgan fingerprint density at radius 1 is 1.37 bits per heavy atom. The van der Waals surface area contributed by atoms with Gasteiger partial charge in [0.15, 0.2) is 16.7 Å². The summed E-state index contributed by atoms with van der Waals surface area (Å²) in [4.78, 5) is 18.0. The third-order valence-electron chi connectivity index (χ3n) is 5.36. The normalized spacial score (nSPS) is 27.2. The van der Waals surface area contributed by atoms with Gasteiger partial charge in [0.05, 0.1) is 6.61 Å². The summed E-state index contributed by atoms with van der Waals surface area (Å²) in [5.41, 5.74) is 4.62. The van der Waals surface area contributed by atoms with Gasteiger partial charge < -0.3 is 25.1 Å². The van der Waals surface area contributed by atoms with E-state index < -0.39 is 23.5 Å². The molecule has 3 heterocycles. The first-order chi connectivity index (χ1) is 13.9. The molecule has 0 aromatic heterocycles. The molecule has 3 N–H and O–H groups in total. The molecule has 1 saturated heterocycles. The number of nitrogen functional groups attached to an aromatic ring is 1. The van der Waals surface area contributed by atoms with Crippen molar-refractivity contribution in [3.05, 3.63) is 17.7 Å². The third kappa shape index (κ3) is 3.43. The second-order valence-electron chi connectivity index (χ2n) is 8.52. The van der Waals surface area contributed by atoms with Gasteiger partial charge in [0.2, 0.25) is 0 Å². The van der Waals surface area contributed by atoms with E-state index in [1.165, 1.54) is 28.8 Å². The van der Waals surface area contributed by atoms with Crippen LogP contribution >= 0.6 is 11.8 Å². The van der Waals surface area contributed by atoms with Crippen molar-refractivity contribution >= 4 is 28.7 Å². The van der Waals surface area contributed by atoms with Crippen LogP contribution in [0.4, 0.5) is 19.3 Å². The third-order valence-corrected chi connectivity index (χ3v) is 6.46. The number of hydrogen-bond donors (Lipinski definition) is 2. The topological polar surface area (TPSA) is 107 Å². The van der Waals surface area contributed by atoms with Crippen LogP contribution in [0.3, 0.4) is 0 Å². The fraction of sp³-hybridized carbons (Fsp3) is 0.579. The molecule has 0 saturated carbocycles. The lowest BCUT2D eigenvalue weighted by Gasteiger charge is -2.46. The van der Waals surface area contributed by atoms with Gasteiger partial charge in [0, 0.05) is 41.1 Å². The zero-order valence-electron chi connectivity index (χ0n) is 16.8. The van der Waals surface area contributed by atoms with Crippen LogP contribution in [0.1, 0.15) is 32.8 Å². The minimum Gasteiger partial charge on any atom is -0.465 e. The molecular weight excluding hydrogens is 420 g/mol. The van der Waals surface area contributed by atoms with E-state index in [4.69, 9.17) is 20.2 Å². The molecule has 3 aliphatic heterocycles. The molecule has 1 fully saturated rings. The molecule has 0 unspecified atom stereocenters. The SMILES string of the molecule is CC(C)(C)N(C(=O)O)C1=N[C@@]2(c3cc(N)cc4c3OC(F)(F)O4)COCC[C@H]2CS1. The zero-order valence-corrected chi connectivity index (χ0v) is 17.6. The van der Waals surface area contributed by atoms with Crippen LogP contribution in [0.2, 0.25) is 0 Å². The highest BCUT2D eigenvalue weighted by Gasteiger charge is 2.53. The number of carboxylic acid groups (broad SMARTS) is 1. The van der Waals surface area contributed by atoms with Crippen LogP contribution in [0.15, 0.2) is 17.1 Å². The number of ether oxygens (including phenoxy) is 3. The van der Waals surface area contributed by atoms with E-state index >= 15 is 0 Å². The zero-order chi connectivity index (χ0) is 21.9. The number of aliphatic imine (C=N–C) groups is 1. The number of thioether (sulfide) groups is 1. The van der Waals surface area contributed by atoms with Crippen molar-refractivity contribution < 1.29 is 32.9 Å². The second kappa shape index (κ2) is 6.88. The maximum absolute atomic E-state index is 13.9. The Morgan fingerprint density at radius 2 is 2.10 bits per heavy atom. The quantitative estimate of drug-likeness (QED) is 0.638. The smallest absolute Gasteiger partial charge is 0.465 e. The summed E-state index contributed by atoms with van der Waals surface area (Å²) in [6.07, 6.45) is -4.34. The Bertz CT molecular complexity index is 920. The lowest BCUT2D eigenvalue weighted by Crippen LogP contribution is -2.53. The Balaban J connectivity index is 1.91. The summed E-state index contributed by atoms with van der Waals surface area (Å²) < 4.78 is 42.9. The van der Waals surface area contributed by atoms with Crippen molar-refractivity contribution in [1.82, 2.24) is 4.90 Å². The fourth-order valence-corrected chi connectivity index (χ4v) is 5.56. The average Bonchev–Trinajstić information content (AvgIpc) is 2.92. The molecule has 0 spiro atoms. The summed E-state index contributed by atoms with van der Waals surface area (Å²) >= 11 is 1.33. The summed E-state index contributed by atoms with van der Waals surface area (Å²) in [5, 5.41) is 10.1. The van der Waals surface area contributed by atoms with Crippen LogP contribution in [-0.2, 0) is 10.3 Å². The first kappa shape index (κ1) is 21.0. The van der Waals surface area contributed by atoms with Crippen molar-refractivity contribution in [2.24, 2.45) is 10.9 Å². The molecule has 2 atom stereocenters. The molecule has 1 aromatic carbocycles. The molecule has 0 radical (unpaired) electrons. The standard InChI is InChI=1S/C19H23F2N3O5S/c1-17(2,3)24(16(25)26)15-23-18(9-27-5-4-10(18)8-30-15)12-6-11(22)7-13-14(12)29-19(20,21)28-13/h6-7,10H,4-5,8-9,22H2,1-3H3,(H,25,26)/t10-,18-/m0/s1. The molecule has 8 nitrogen and oxygen atoms in total. The molecule has 0 bridgehead atoms. The van der Waals surface area contributed by atoms with Gasteiger partial charge in [-0.05, 0) is 33.3 Å². The van der Waals surface area contributed by atoms with E-state index in [1.54, 1.807) is 20.8 Å². The number of nitrogens with two attached hydrogens (primary N) is 1. The van der Waals surface area contributed by atoms with Gasteiger partial charge >= 0.3 is 12.4 Å². The lowest BCUT2D eigenvalue weighted by molar-refractivity contribution is -0.287. The van der Waals surface area contributed by atoms with Crippen LogP contribution < -0.4 is 15.2 Å². The second-order valence-corrected chi connectivity index (χ2v) is 9.51. The maximum atomic E-state index is 13.9. The van der Waals surface area contributed by atoms with Crippen molar-refractivity contribution in [1.29, 1.82) is 0 Å². The molecule has 11 heteroatoms. The van der Waals surface area contributed by atoms with E-state index in [9.17, 15) is 18.7 Å². The summed E-state index contributed by atoms with van der Waals surface area (Å²) in [6.45, 7) is 5.87. The number of fused-ring (bicyclic) bond motifs is 2. The molecule has 0 aliphatic carbocycles. The van der Waals surface area contributed by atoms with Gasteiger partial charge in [-0.1, -0.05) is 11.8 Å². The van der Waals surface area contributed by atoms with E-state index in [-0.39, 0.29) is 34.9 Å². The van der Waals surface area contributed by atoms with Gasteiger partial charge in [-0.3, -0.25) is 4.90 Å². The first-order valence-corrected chi connectivity index (χ1v) is 10.4. The highest BCUT2D eigenvalue weighted by Crippen LogP contribution is 2.54. The lowest BCUT2D eigenvalue weighted by atomic mass is 9.76. The summed E-state index contributed by atoms with van der Waals surface area (Å²) in [6, 6.07) is 2.81. The Hall–Kier alpha value is -2.27. The first-order valence-electron chi connectivity index (χ1n) is 9.46. The van der Waals surface area contributed by atoms with Gasteiger partial charge in [-0.2, -0.15) is 0 Å². The van der Waals surface area contributed by atoms with E-state index in [1.807, 2.05) is 0 Å². The maximum Gasteiger partial charge on any atom is 0.586 e. The molecule has 30 heavy (non-hydrogen) atoms. The summed E-state index contributed by atoms with van der Waals surface area (Å²) in [7, 11) is 0. The minimum atomic E-state index is -3.82. The Labute approximate surface area is 176 Å².